The standard InChI is InChI=1S/C21H25F3N2O4S/c1-14-7-5-10-19(15(14)2)30-12-11-25-20(27)16(3)26(31(4,28)29)18-9-6-8-17(13-18)21(22,23)24/h5-10,13,16H,11-12H2,1-4H3,(H,25,27)/t16-/m1/s1. The smallest absolute Gasteiger partial charge is 0.416 e. The first-order chi connectivity index (χ1) is 14.3. The van der Waals surface area contributed by atoms with Gasteiger partial charge in [-0.05, 0) is 56.2 Å². The number of halogens is 3. The second-order valence-corrected chi connectivity index (χ2v) is 8.98. The molecule has 0 spiro atoms. The predicted molar refractivity (Wildman–Crippen MR) is 113 cm³/mol. The monoisotopic (exact) mass is 458 g/mol. The largest absolute Gasteiger partial charge is 0.491 e. The molecule has 0 unspecified atom stereocenters. The van der Waals surface area contributed by atoms with Crippen LogP contribution >= 0.6 is 0 Å². The van der Waals surface area contributed by atoms with Gasteiger partial charge in [0, 0.05) is 0 Å². The topological polar surface area (TPSA) is 75.7 Å². The van der Waals surface area contributed by atoms with Gasteiger partial charge in [-0.2, -0.15) is 13.2 Å². The molecule has 2 aromatic rings. The molecule has 0 aliphatic rings. The van der Waals surface area contributed by atoms with Crippen LogP contribution in [0, 0.1) is 13.8 Å². The number of nitrogens with one attached hydrogen (secondary N) is 1. The van der Waals surface area contributed by atoms with Crippen LogP contribution in [0.2, 0.25) is 0 Å². The predicted octanol–water partition coefficient (Wildman–Crippen LogP) is 3.67. The molecule has 31 heavy (non-hydrogen) atoms. The van der Waals surface area contributed by atoms with E-state index >= 15 is 0 Å². The number of benzene rings is 2. The van der Waals surface area contributed by atoms with Crippen LogP contribution in [0.25, 0.3) is 0 Å². The number of ether oxygens (including phenoxy) is 1. The summed E-state index contributed by atoms with van der Waals surface area (Å²) in [5.41, 5.74) is 0.773. The van der Waals surface area contributed by atoms with E-state index in [0.717, 1.165) is 29.5 Å². The summed E-state index contributed by atoms with van der Waals surface area (Å²) in [4.78, 5) is 12.5. The molecule has 2 rings (SSSR count). The Kier molecular flexibility index (Phi) is 7.58. The molecule has 6 nitrogen and oxygen atoms in total. The van der Waals surface area contributed by atoms with Gasteiger partial charge in [-0.1, -0.05) is 18.2 Å². The van der Waals surface area contributed by atoms with Gasteiger partial charge < -0.3 is 10.1 Å². The second kappa shape index (κ2) is 9.59. The Morgan fingerprint density at radius 1 is 1.16 bits per heavy atom. The van der Waals surface area contributed by atoms with E-state index in [9.17, 15) is 26.4 Å². The molecule has 0 saturated heterocycles. The van der Waals surface area contributed by atoms with Crippen molar-refractivity contribution in [3.05, 3.63) is 59.2 Å². The zero-order valence-corrected chi connectivity index (χ0v) is 18.5. The summed E-state index contributed by atoms with van der Waals surface area (Å²) in [5, 5.41) is 2.56. The zero-order chi connectivity index (χ0) is 23.4. The molecule has 0 saturated carbocycles. The Morgan fingerprint density at radius 3 is 2.42 bits per heavy atom. The fourth-order valence-electron chi connectivity index (χ4n) is 2.99. The van der Waals surface area contributed by atoms with Crippen LogP contribution in [-0.2, 0) is 21.0 Å². The van der Waals surface area contributed by atoms with Gasteiger partial charge in [0.1, 0.15) is 18.4 Å². The number of sulfonamides is 1. The quantitative estimate of drug-likeness (QED) is 0.613. The minimum Gasteiger partial charge on any atom is -0.491 e. The molecule has 0 heterocycles. The van der Waals surface area contributed by atoms with E-state index in [1.54, 1.807) is 6.07 Å². The van der Waals surface area contributed by atoms with Crippen LogP contribution in [-0.4, -0.2) is 39.8 Å². The summed E-state index contributed by atoms with van der Waals surface area (Å²) in [6.45, 7) is 5.40. The van der Waals surface area contributed by atoms with Crippen LogP contribution in [0.15, 0.2) is 42.5 Å². The average molecular weight is 459 g/mol. The molecule has 0 aliphatic heterocycles. The fraction of sp³-hybridized carbons (Fsp3) is 0.381. The molecule has 0 aliphatic carbocycles. The summed E-state index contributed by atoms with van der Waals surface area (Å²) in [7, 11) is -4.03. The molecule has 170 valence electrons. The zero-order valence-electron chi connectivity index (χ0n) is 17.7. The Bertz CT molecular complexity index is 1040. The molecule has 0 radical (unpaired) electrons. The third kappa shape index (κ3) is 6.36. The molecule has 1 atom stereocenters. The van der Waals surface area contributed by atoms with Gasteiger partial charge in [0.05, 0.1) is 24.1 Å². The number of carbonyl (C=O) groups is 1. The van der Waals surface area contributed by atoms with Crippen molar-refractivity contribution in [2.75, 3.05) is 23.7 Å². The van der Waals surface area contributed by atoms with Crippen molar-refractivity contribution in [1.82, 2.24) is 5.32 Å². The first-order valence-corrected chi connectivity index (χ1v) is 11.3. The van der Waals surface area contributed by atoms with Crippen LogP contribution in [0.1, 0.15) is 23.6 Å². The lowest BCUT2D eigenvalue weighted by atomic mass is 10.1. The van der Waals surface area contributed by atoms with Crippen LogP contribution in [0.4, 0.5) is 18.9 Å². The number of alkyl halides is 3. The maximum atomic E-state index is 13.0. The Hall–Kier alpha value is -2.75. The average Bonchev–Trinajstić information content (AvgIpc) is 2.66. The van der Waals surface area contributed by atoms with Gasteiger partial charge in [0.15, 0.2) is 0 Å². The van der Waals surface area contributed by atoms with Gasteiger partial charge in [-0.3, -0.25) is 9.10 Å². The normalized spacial score (nSPS) is 12.9. The van der Waals surface area contributed by atoms with E-state index in [2.05, 4.69) is 5.32 Å². The summed E-state index contributed by atoms with van der Waals surface area (Å²) in [6, 6.07) is 8.16. The minimum absolute atomic E-state index is 0.0940. The maximum Gasteiger partial charge on any atom is 0.416 e. The lowest BCUT2D eigenvalue weighted by Crippen LogP contribution is -2.48. The van der Waals surface area contributed by atoms with Gasteiger partial charge >= 0.3 is 6.18 Å². The molecule has 10 heteroatoms. The van der Waals surface area contributed by atoms with Crippen LogP contribution < -0.4 is 14.4 Å². The van der Waals surface area contributed by atoms with Crippen LogP contribution in [0.3, 0.4) is 0 Å². The van der Waals surface area contributed by atoms with Crippen molar-refractivity contribution < 1.29 is 31.1 Å². The maximum absolute atomic E-state index is 13.0. The molecule has 0 aromatic heterocycles. The third-order valence-electron chi connectivity index (χ3n) is 4.73. The molecule has 2 aromatic carbocycles. The van der Waals surface area contributed by atoms with Gasteiger partial charge in [-0.15, -0.1) is 0 Å². The van der Waals surface area contributed by atoms with E-state index in [1.165, 1.54) is 13.0 Å². The SMILES string of the molecule is Cc1cccc(OCCNC(=O)[C@@H](C)N(c2cccc(C(F)(F)F)c2)S(C)(=O)=O)c1C. The molecule has 1 N–H and O–H groups in total. The van der Waals surface area contributed by atoms with E-state index < -0.39 is 33.7 Å². The van der Waals surface area contributed by atoms with Crippen molar-refractivity contribution in [3.63, 3.8) is 0 Å². The Balaban J connectivity index is 2.09. The summed E-state index contributed by atoms with van der Waals surface area (Å²) >= 11 is 0. The van der Waals surface area contributed by atoms with Gasteiger partial charge in [0.25, 0.3) is 0 Å². The summed E-state index contributed by atoms with van der Waals surface area (Å²) in [6.07, 6.45) is -3.81. The highest BCUT2D eigenvalue weighted by Crippen LogP contribution is 2.32. The van der Waals surface area contributed by atoms with E-state index in [-0.39, 0.29) is 18.8 Å². The lowest BCUT2D eigenvalue weighted by Gasteiger charge is -2.28. The van der Waals surface area contributed by atoms with E-state index in [1.807, 2.05) is 26.0 Å². The van der Waals surface area contributed by atoms with E-state index in [4.69, 9.17) is 4.74 Å². The highest BCUT2D eigenvalue weighted by molar-refractivity contribution is 7.92. The van der Waals surface area contributed by atoms with Gasteiger partial charge in [0.2, 0.25) is 15.9 Å². The van der Waals surface area contributed by atoms with Crippen molar-refractivity contribution in [3.8, 4) is 5.75 Å². The number of carbonyl (C=O) groups excluding carboxylic acids is 1. The molecule has 0 bridgehead atoms. The minimum atomic E-state index is -4.64. The Morgan fingerprint density at radius 2 is 1.81 bits per heavy atom. The third-order valence-corrected chi connectivity index (χ3v) is 5.97. The number of anilines is 1. The number of rotatable bonds is 8. The second-order valence-electron chi connectivity index (χ2n) is 7.12. The number of amides is 1. The van der Waals surface area contributed by atoms with E-state index in [0.29, 0.717) is 16.1 Å². The van der Waals surface area contributed by atoms with Crippen molar-refractivity contribution in [2.24, 2.45) is 0 Å². The number of hydrogen-bond acceptors (Lipinski definition) is 4. The number of hydrogen-bond donors (Lipinski definition) is 1. The van der Waals surface area contributed by atoms with Crippen molar-refractivity contribution in [1.29, 1.82) is 0 Å². The highest BCUT2D eigenvalue weighted by Gasteiger charge is 2.34. The lowest BCUT2D eigenvalue weighted by molar-refractivity contribution is -0.137. The molecular weight excluding hydrogens is 433 g/mol. The molecule has 0 fully saturated rings. The van der Waals surface area contributed by atoms with Gasteiger partial charge in [-0.25, -0.2) is 8.42 Å². The highest BCUT2D eigenvalue weighted by atomic mass is 32.2. The van der Waals surface area contributed by atoms with Crippen molar-refractivity contribution in [2.45, 2.75) is 33.0 Å². The Labute approximate surface area is 180 Å². The van der Waals surface area contributed by atoms with Crippen molar-refractivity contribution >= 4 is 21.6 Å². The molecule has 1 amide bonds. The number of aryl methyl sites for hydroxylation is 1. The fourth-order valence-corrected chi connectivity index (χ4v) is 4.16. The first-order valence-electron chi connectivity index (χ1n) is 9.45. The van der Waals surface area contributed by atoms with Crippen LogP contribution in [0.5, 0.6) is 5.75 Å². The summed E-state index contributed by atoms with van der Waals surface area (Å²) < 4.78 is 69.9. The molecular formula is C21H25F3N2O4S. The summed E-state index contributed by atoms with van der Waals surface area (Å²) in [5.74, 6) is 0.0106. The first kappa shape index (κ1) is 24.5. The number of nitrogens with zero attached hydrogens (tertiary/aromatic N) is 1.